The van der Waals surface area contributed by atoms with Gasteiger partial charge in [0.15, 0.2) is 5.82 Å². The Labute approximate surface area is 127 Å². The van der Waals surface area contributed by atoms with Gasteiger partial charge >= 0.3 is 0 Å². The number of anilines is 2. The molecule has 6 heteroatoms. The van der Waals surface area contributed by atoms with E-state index in [0.717, 1.165) is 43.9 Å². The van der Waals surface area contributed by atoms with Gasteiger partial charge in [-0.05, 0) is 26.3 Å². The maximum Gasteiger partial charge on any atom is 0.158 e. The molecule has 1 heterocycles. The Morgan fingerprint density at radius 1 is 1.24 bits per heavy atom. The number of rotatable bonds is 10. The first-order chi connectivity index (χ1) is 10.3. The van der Waals surface area contributed by atoms with Gasteiger partial charge in [-0.25, -0.2) is 9.97 Å². The van der Waals surface area contributed by atoms with Crippen molar-refractivity contribution in [2.24, 2.45) is 0 Å². The summed E-state index contributed by atoms with van der Waals surface area (Å²) in [7, 11) is 1.66. The van der Waals surface area contributed by atoms with E-state index in [9.17, 15) is 0 Å². The third-order valence-electron chi connectivity index (χ3n) is 3.58. The van der Waals surface area contributed by atoms with E-state index >= 15 is 0 Å². The first-order valence-corrected chi connectivity index (χ1v) is 7.85. The minimum Gasteiger partial charge on any atom is -0.377 e. The van der Waals surface area contributed by atoms with Crippen LogP contribution in [0.5, 0.6) is 0 Å². The molecule has 2 N–H and O–H groups in total. The van der Waals surface area contributed by atoms with Gasteiger partial charge in [-0.15, -0.1) is 0 Å². The first kappa shape index (κ1) is 16.0. The van der Waals surface area contributed by atoms with E-state index in [4.69, 9.17) is 4.74 Å². The molecule has 2 rings (SSSR count). The normalized spacial score (nSPS) is 14.5. The van der Waals surface area contributed by atoms with Crippen LogP contribution in [0.2, 0.25) is 0 Å². The summed E-state index contributed by atoms with van der Waals surface area (Å²) in [6.07, 6.45) is 2.70. The van der Waals surface area contributed by atoms with Crippen molar-refractivity contribution in [1.82, 2.24) is 14.9 Å². The third-order valence-corrected chi connectivity index (χ3v) is 3.58. The van der Waals surface area contributed by atoms with Crippen LogP contribution in [-0.2, 0) is 11.3 Å². The lowest BCUT2D eigenvalue weighted by molar-refractivity contribution is 0.178. The van der Waals surface area contributed by atoms with E-state index < -0.39 is 0 Å². The average Bonchev–Trinajstić information content (AvgIpc) is 3.29. The molecular formula is C15H27N5O. The molecule has 0 atom stereocenters. The molecule has 1 aromatic rings. The zero-order chi connectivity index (χ0) is 15.1. The highest BCUT2D eigenvalue weighted by molar-refractivity contribution is 5.47. The van der Waals surface area contributed by atoms with Crippen molar-refractivity contribution in [2.75, 3.05) is 43.9 Å². The molecule has 1 fully saturated rings. The molecule has 1 aliphatic rings. The van der Waals surface area contributed by atoms with Crippen LogP contribution in [-0.4, -0.2) is 54.2 Å². The number of methoxy groups -OCH3 is 1. The molecule has 1 saturated carbocycles. The number of nitrogens with zero attached hydrogens (tertiary/aromatic N) is 3. The smallest absolute Gasteiger partial charge is 0.158 e. The van der Waals surface area contributed by atoms with Crippen molar-refractivity contribution in [1.29, 1.82) is 0 Å². The van der Waals surface area contributed by atoms with E-state index in [1.165, 1.54) is 12.8 Å². The second-order valence-corrected chi connectivity index (χ2v) is 5.30. The van der Waals surface area contributed by atoms with Gasteiger partial charge in [0.25, 0.3) is 0 Å². The lowest BCUT2D eigenvalue weighted by atomic mass is 10.4. The Morgan fingerprint density at radius 3 is 2.52 bits per heavy atom. The van der Waals surface area contributed by atoms with Crippen LogP contribution < -0.4 is 10.6 Å². The van der Waals surface area contributed by atoms with Crippen molar-refractivity contribution < 1.29 is 4.74 Å². The fourth-order valence-corrected chi connectivity index (χ4v) is 2.42. The highest BCUT2D eigenvalue weighted by Gasteiger charge is 2.27. The number of nitrogens with one attached hydrogen (secondary N) is 2. The summed E-state index contributed by atoms with van der Waals surface area (Å²) in [4.78, 5) is 11.4. The van der Waals surface area contributed by atoms with Gasteiger partial charge in [0, 0.05) is 38.9 Å². The lowest BCUT2D eigenvalue weighted by Gasteiger charge is -2.20. The Balaban J connectivity index is 1.90. The molecule has 0 aromatic carbocycles. The summed E-state index contributed by atoms with van der Waals surface area (Å²) in [6.45, 7) is 8.63. The van der Waals surface area contributed by atoms with Gasteiger partial charge in [0.05, 0.1) is 0 Å². The van der Waals surface area contributed by atoms with E-state index in [2.05, 4.69) is 39.3 Å². The molecule has 0 unspecified atom stereocenters. The van der Waals surface area contributed by atoms with Crippen LogP contribution in [0, 0.1) is 0 Å². The molecule has 1 aliphatic carbocycles. The Bertz CT molecular complexity index is 412. The maximum absolute atomic E-state index is 5.13. The molecule has 21 heavy (non-hydrogen) atoms. The highest BCUT2D eigenvalue weighted by Crippen LogP contribution is 2.26. The molecule has 0 saturated heterocycles. The molecular weight excluding hydrogens is 266 g/mol. The van der Waals surface area contributed by atoms with Crippen molar-refractivity contribution in [3.63, 3.8) is 0 Å². The molecule has 0 bridgehead atoms. The molecule has 0 radical (unpaired) electrons. The topological polar surface area (TPSA) is 62.3 Å². The van der Waals surface area contributed by atoms with Gasteiger partial charge in [0.2, 0.25) is 0 Å². The largest absolute Gasteiger partial charge is 0.377 e. The fourth-order valence-electron chi connectivity index (χ4n) is 2.42. The molecule has 0 amide bonds. The highest BCUT2D eigenvalue weighted by atomic mass is 16.5. The summed E-state index contributed by atoms with van der Waals surface area (Å²) < 4.78 is 5.13. The lowest BCUT2D eigenvalue weighted by Crippen LogP contribution is -2.31. The van der Waals surface area contributed by atoms with Gasteiger partial charge in [-0.1, -0.05) is 6.92 Å². The summed E-state index contributed by atoms with van der Waals surface area (Å²) in [5.41, 5.74) is 0. The van der Waals surface area contributed by atoms with Crippen LogP contribution in [0.3, 0.4) is 0 Å². The Kier molecular flexibility index (Phi) is 6.20. The number of hydrogen-bond donors (Lipinski definition) is 2. The van der Waals surface area contributed by atoms with E-state index in [1.807, 2.05) is 6.07 Å². The number of ether oxygens (including phenoxy) is 1. The van der Waals surface area contributed by atoms with Crippen molar-refractivity contribution >= 4 is 11.6 Å². The number of hydrogen-bond acceptors (Lipinski definition) is 6. The Hall–Kier alpha value is -1.40. The number of aromatic nitrogens is 2. The van der Waals surface area contributed by atoms with Crippen molar-refractivity contribution in [3.8, 4) is 0 Å². The van der Waals surface area contributed by atoms with Crippen LogP contribution in [0.4, 0.5) is 11.6 Å². The molecule has 6 nitrogen and oxygen atoms in total. The van der Waals surface area contributed by atoms with Gasteiger partial charge in [-0.2, -0.15) is 0 Å². The van der Waals surface area contributed by atoms with Gasteiger partial charge < -0.3 is 15.4 Å². The zero-order valence-corrected chi connectivity index (χ0v) is 13.4. The second kappa shape index (κ2) is 8.14. The summed E-state index contributed by atoms with van der Waals surface area (Å²) >= 11 is 0. The van der Waals surface area contributed by atoms with E-state index in [-0.39, 0.29) is 0 Å². The maximum atomic E-state index is 5.13. The monoisotopic (exact) mass is 293 g/mol. The zero-order valence-electron chi connectivity index (χ0n) is 13.4. The average molecular weight is 293 g/mol. The van der Waals surface area contributed by atoms with E-state index in [0.29, 0.717) is 12.4 Å². The second-order valence-electron chi connectivity index (χ2n) is 5.30. The standard InChI is InChI=1S/C15H27N5O/c1-4-16-13-10-14(19-15(18-13)11-21-3)17-8-9-20(5-2)12-6-7-12/h10,12H,4-9,11H2,1-3H3,(H2,16,17,18,19). The molecule has 0 aliphatic heterocycles. The third kappa shape index (κ3) is 5.13. The van der Waals surface area contributed by atoms with Crippen LogP contribution in [0.15, 0.2) is 6.07 Å². The molecule has 0 spiro atoms. The first-order valence-electron chi connectivity index (χ1n) is 7.85. The van der Waals surface area contributed by atoms with Crippen LogP contribution in [0.1, 0.15) is 32.5 Å². The van der Waals surface area contributed by atoms with E-state index in [1.54, 1.807) is 7.11 Å². The van der Waals surface area contributed by atoms with Crippen molar-refractivity contribution in [2.45, 2.75) is 39.3 Å². The number of likely N-dealkylation sites (N-methyl/N-ethyl adjacent to an activating group) is 1. The molecule has 118 valence electrons. The van der Waals surface area contributed by atoms with Crippen molar-refractivity contribution in [3.05, 3.63) is 11.9 Å². The van der Waals surface area contributed by atoms with Gasteiger partial charge in [-0.3, -0.25) is 4.90 Å². The van der Waals surface area contributed by atoms with Crippen LogP contribution in [0.25, 0.3) is 0 Å². The SMILES string of the molecule is CCNc1cc(NCCN(CC)C2CC2)nc(COC)n1. The van der Waals surface area contributed by atoms with Gasteiger partial charge in [0.1, 0.15) is 18.2 Å². The predicted molar refractivity (Wildman–Crippen MR) is 85.7 cm³/mol. The summed E-state index contributed by atoms with van der Waals surface area (Å²) in [5, 5.41) is 6.63. The molecule has 1 aromatic heterocycles. The Morgan fingerprint density at radius 2 is 1.95 bits per heavy atom. The quantitative estimate of drug-likeness (QED) is 0.687. The minimum atomic E-state index is 0.428. The summed E-state index contributed by atoms with van der Waals surface area (Å²) in [6, 6.07) is 2.76. The predicted octanol–water partition coefficient (Wildman–Crippen LogP) is 1.95. The van der Waals surface area contributed by atoms with Crippen LogP contribution >= 0.6 is 0 Å². The summed E-state index contributed by atoms with van der Waals surface area (Å²) in [5.74, 6) is 2.41. The minimum absolute atomic E-state index is 0.428. The fraction of sp³-hybridized carbons (Fsp3) is 0.733.